The predicted molar refractivity (Wildman–Crippen MR) is 104 cm³/mol. The van der Waals surface area contributed by atoms with Crippen molar-refractivity contribution >= 4 is 22.9 Å². The largest absolute Gasteiger partial charge is 0.489 e. The standard InChI is InChI=1S/C21H26O7/c1-4-5-6-7-8-9-12-25-19-17-11-10-16(26-14(2)22)13-18(17)28-21(24)20(19)27-15(3)23/h10-11,13H,4-9,12H2,1-3H3. The van der Waals surface area contributed by atoms with Gasteiger partial charge in [-0.1, -0.05) is 39.0 Å². The highest BCUT2D eigenvalue weighted by Crippen LogP contribution is 2.35. The third-order valence-corrected chi connectivity index (χ3v) is 4.04. The number of fused-ring (bicyclic) bond motifs is 1. The van der Waals surface area contributed by atoms with E-state index in [-0.39, 0.29) is 22.8 Å². The molecule has 0 bridgehead atoms. The number of hydrogen-bond acceptors (Lipinski definition) is 7. The molecule has 0 aliphatic heterocycles. The number of benzene rings is 1. The van der Waals surface area contributed by atoms with E-state index >= 15 is 0 Å². The molecule has 2 aromatic rings. The summed E-state index contributed by atoms with van der Waals surface area (Å²) < 4.78 is 21.1. The summed E-state index contributed by atoms with van der Waals surface area (Å²) in [6.45, 7) is 5.02. The Morgan fingerprint density at radius 2 is 1.61 bits per heavy atom. The van der Waals surface area contributed by atoms with Crippen molar-refractivity contribution in [3.63, 3.8) is 0 Å². The summed E-state index contributed by atoms with van der Waals surface area (Å²) in [6, 6.07) is 4.58. The van der Waals surface area contributed by atoms with Crippen molar-refractivity contribution in [2.24, 2.45) is 0 Å². The Morgan fingerprint density at radius 3 is 2.29 bits per heavy atom. The molecule has 0 aliphatic carbocycles. The number of carbonyl (C=O) groups is 2. The van der Waals surface area contributed by atoms with Gasteiger partial charge in [-0.15, -0.1) is 0 Å². The first-order valence-electron chi connectivity index (χ1n) is 9.53. The zero-order chi connectivity index (χ0) is 20.5. The van der Waals surface area contributed by atoms with Crippen molar-refractivity contribution < 1.29 is 28.2 Å². The number of ether oxygens (including phenoxy) is 3. The van der Waals surface area contributed by atoms with Crippen LogP contribution in [0.4, 0.5) is 0 Å². The van der Waals surface area contributed by atoms with Crippen LogP contribution in [0.1, 0.15) is 59.3 Å². The Labute approximate surface area is 163 Å². The van der Waals surface area contributed by atoms with Gasteiger partial charge in [0.2, 0.25) is 0 Å². The number of unbranched alkanes of at least 4 members (excludes halogenated alkanes) is 5. The Kier molecular flexibility index (Phi) is 8.04. The molecule has 7 nitrogen and oxygen atoms in total. The van der Waals surface area contributed by atoms with Crippen LogP contribution in [0.3, 0.4) is 0 Å². The lowest BCUT2D eigenvalue weighted by atomic mass is 10.1. The van der Waals surface area contributed by atoms with Gasteiger partial charge in [-0.05, 0) is 18.6 Å². The second-order valence-electron chi connectivity index (χ2n) is 6.51. The van der Waals surface area contributed by atoms with Crippen LogP contribution in [-0.4, -0.2) is 18.5 Å². The second-order valence-corrected chi connectivity index (χ2v) is 6.51. The van der Waals surface area contributed by atoms with E-state index in [2.05, 4.69) is 6.92 Å². The van der Waals surface area contributed by atoms with Crippen LogP contribution in [0.25, 0.3) is 11.0 Å². The minimum Gasteiger partial charge on any atom is -0.489 e. The topological polar surface area (TPSA) is 92.0 Å². The van der Waals surface area contributed by atoms with Crippen LogP contribution in [0.2, 0.25) is 0 Å². The van der Waals surface area contributed by atoms with Gasteiger partial charge in [0.1, 0.15) is 11.3 Å². The van der Waals surface area contributed by atoms with Crippen molar-refractivity contribution in [3.05, 3.63) is 28.6 Å². The Bertz CT molecular complexity index is 882. The fraction of sp³-hybridized carbons (Fsp3) is 0.476. The molecule has 28 heavy (non-hydrogen) atoms. The fourth-order valence-electron chi connectivity index (χ4n) is 2.80. The molecule has 7 heteroatoms. The first-order chi connectivity index (χ1) is 13.4. The minimum atomic E-state index is -0.833. The number of rotatable bonds is 10. The van der Waals surface area contributed by atoms with Gasteiger partial charge in [0.15, 0.2) is 5.75 Å². The maximum atomic E-state index is 12.3. The van der Waals surface area contributed by atoms with E-state index in [9.17, 15) is 14.4 Å². The summed E-state index contributed by atoms with van der Waals surface area (Å²) in [5, 5.41) is 0.456. The van der Waals surface area contributed by atoms with Gasteiger partial charge in [0.05, 0.1) is 12.0 Å². The molecule has 0 saturated heterocycles. The number of hydrogen-bond donors (Lipinski definition) is 0. The average Bonchev–Trinajstić information content (AvgIpc) is 2.62. The molecule has 0 saturated carbocycles. The van der Waals surface area contributed by atoms with E-state index in [0.717, 1.165) is 19.3 Å². The maximum absolute atomic E-state index is 12.3. The Hall–Kier alpha value is -2.83. The van der Waals surface area contributed by atoms with Gasteiger partial charge in [-0.3, -0.25) is 9.59 Å². The number of carbonyl (C=O) groups excluding carboxylic acids is 2. The van der Waals surface area contributed by atoms with Crippen molar-refractivity contribution in [2.75, 3.05) is 6.61 Å². The zero-order valence-corrected chi connectivity index (χ0v) is 16.5. The van der Waals surface area contributed by atoms with Crippen LogP contribution < -0.4 is 19.8 Å². The van der Waals surface area contributed by atoms with Crippen LogP contribution in [0, 0.1) is 0 Å². The lowest BCUT2D eigenvalue weighted by Gasteiger charge is -2.13. The number of esters is 2. The van der Waals surface area contributed by atoms with Crippen LogP contribution in [0.15, 0.2) is 27.4 Å². The minimum absolute atomic E-state index is 0.157. The molecule has 1 heterocycles. The molecule has 0 fully saturated rings. The monoisotopic (exact) mass is 390 g/mol. The summed E-state index contributed by atoms with van der Waals surface area (Å²) in [5.41, 5.74) is -0.654. The van der Waals surface area contributed by atoms with Gasteiger partial charge in [0, 0.05) is 19.9 Å². The molecule has 0 radical (unpaired) electrons. The van der Waals surface area contributed by atoms with Gasteiger partial charge < -0.3 is 18.6 Å². The first-order valence-corrected chi connectivity index (χ1v) is 9.53. The zero-order valence-electron chi connectivity index (χ0n) is 16.5. The highest BCUT2D eigenvalue weighted by molar-refractivity contribution is 5.88. The van der Waals surface area contributed by atoms with Crippen LogP contribution in [0.5, 0.6) is 17.2 Å². The molecule has 0 N–H and O–H groups in total. The molecule has 0 spiro atoms. The van der Waals surface area contributed by atoms with Gasteiger partial charge in [0.25, 0.3) is 5.75 Å². The summed E-state index contributed by atoms with van der Waals surface area (Å²) in [5.74, 6) is -1.01. The van der Waals surface area contributed by atoms with E-state index in [1.165, 1.54) is 39.2 Å². The maximum Gasteiger partial charge on any atom is 0.383 e. The van der Waals surface area contributed by atoms with Crippen molar-refractivity contribution in [3.8, 4) is 17.2 Å². The second kappa shape index (κ2) is 10.5. The average molecular weight is 390 g/mol. The van der Waals surface area contributed by atoms with Gasteiger partial charge in [-0.2, -0.15) is 0 Å². The molecule has 1 aromatic heterocycles. The van der Waals surface area contributed by atoms with Crippen LogP contribution in [-0.2, 0) is 9.59 Å². The van der Waals surface area contributed by atoms with Gasteiger partial charge in [-0.25, -0.2) is 4.79 Å². The summed E-state index contributed by atoms with van der Waals surface area (Å²) >= 11 is 0. The SMILES string of the molecule is CCCCCCCCOc1c(OC(C)=O)c(=O)oc2cc(OC(C)=O)ccc12. The predicted octanol–water partition coefficient (Wildman–Crippen LogP) is 4.38. The lowest BCUT2D eigenvalue weighted by Crippen LogP contribution is -2.14. The van der Waals surface area contributed by atoms with Crippen molar-refractivity contribution in [1.82, 2.24) is 0 Å². The molecule has 0 atom stereocenters. The highest BCUT2D eigenvalue weighted by Gasteiger charge is 2.20. The summed E-state index contributed by atoms with van der Waals surface area (Å²) in [7, 11) is 0. The summed E-state index contributed by atoms with van der Waals surface area (Å²) in [6.07, 6.45) is 6.54. The van der Waals surface area contributed by atoms with Crippen molar-refractivity contribution in [1.29, 1.82) is 0 Å². The van der Waals surface area contributed by atoms with E-state index in [1.807, 2.05) is 0 Å². The molecular formula is C21H26O7. The highest BCUT2D eigenvalue weighted by atomic mass is 16.6. The van der Waals surface area contributed by atoms with E-state index in [4.69, 9.17) is 18.6 Å². The molecule has 0 aliphatic rings. The molecule has 0 unspecified atom stereocenters. The quantitative estimate of drug-likeness (QED) is 0.257. The third kappa shape index (κ3) is 6.11. The normalized spacial score (nSPS) is 10.7. The van der Waals surface area contributed by atoms with Crippen LogP contribution >= 0.6 is 0 Å². The van der Waals surface area contributed by atoms with Gasteiger partial charge >= 0.3 is 17.6 Å². The molecule has 1 aromatic carbocycles. The fourth-order valence-corrected chi connectivity index (χ4v) is 2.80. The van der Waals surface area contributed by atoms with Crippen molar-refractivity contribution in [2.45, 2.75) is 59.3 Å². The van der Waals surface area contributed by atoms with E-state index in [0.29, 0.717) is 12.0 Å². The Balaban J connectivity index is 2.26. The smallest absolute Gasteiger partial charge is 0.383 e. The molecule has 152 valence electrons. The lowest BCUT2D eigenvalue weighted by molar-refractivity contribution is -0.133. The third-order valence-electron chi connectivity index (χ3n) is 4.04. The van der Waals surface area contributed by atoms with E-state index in [1.54, 1.807) is 12.1 Å². The molecule has 2 rings (SSSR count). The molecule has 0 amide bonds. The first kappa shape index (κ1) is 21.5. The summed E-state index contributed by atoms with van der Waals surface area (Å²) in [4.78, 5) is 34.8. The van der Waals surface area contributed by atoms with E-state index < -0.39 is 17.6 Å². The molecular weight excluding hydrogens is 364 g/mol. The Morgan fingerprint density at radius 1 is 0.929 bits per heavy atom.